The SMILES string of the molecule is COc1cc(OC)c(Cl)c(/C(F)=C/c2ccc(Nc3c(C)cccc3[N+](=O)[O-])nc2)c1Cl.COc1cc(OC)cc(/C(F)=C/c2ccc(Nc3c(C)cccc3[N+](=O)[O-])nc2)c1.COc1cc(OC)cc(B(O)O)c1.Cc1cccc([N+](=O)[O-])c1N.Cc1cccc([N+](=O)[O-])c1Nc1ccc(/C=C(\F)Br)cn1.Cc1cccc([N+](=O)[O-])c1Nc1ccc(C=O)cn1.O=Cc1ccc(Cl)nc1. The smallest absolute Gasteiger partial charge is 0.488 e. The van der Waals surface area contributed by atoms with Gasteiger partial charge in [0.05, 0.1) is 82.9 Å². The maximum atomic E-state index is 15.1. The molecule has 0 unspecified atom stereocenters. The standard InChI is InChI=1S/C22H18Cl2FN3O4.C22H20FN3O4.C14H11BrFN3O2.C13H11N3O3.C8H11BO4.C7H8N2O2.C6H4ClNO/c1-12-5-4-6-15(28(29)30)22(12)27-18-8-7-13(11-26-18)9-14(25)19-20(23)16(31-2)10-17(32-3)21(19)24;1-14-5-4-6-20(26(27)28)22(14)25-21-8-7-15(13-24-21)9-19(23)16-10-17(29-2)12-18(11-16)30-3;1-9-3-2-4-11(19(20)21)14(9)18-13-6-5-10(8-17-13)7-12(15)16;1-9-3-2-4-11(16(18)19)13(9)15-12-6-5-10(8-17)7-14-12;1-12-7-3-6(9(10)11)4-8(5-7)13-2;1-5-3-2-4-6(7(5)8)9(10)11;7-6-2-1-5(4-9)3-8-6/h4-11H,1-3H3,(H,26,27);4-13H,1-3H3,(H,24,25);2-8H,1H3,(H,17,18);2-8H,1H3,(H,14,15);3-5,10-11H,1-2H3;2-4H,8H2,1H3;1-4H/b14-9-;19-9-;12-7-;;;;. The highest BCUT2D eigenvalue weighted by Crippen LogP contribution is 2.45. The van der Waals surface area contributed by atoms with Crippen molar-refractivity contribution < 1.29 is 85.8 Å². The summed E-state index contributed by atoms with van der Waals surface area (Å²) in [7, 11) is 7.28. The number of nitrogens with two attached hydrogens (primary N) is 1. The van der Waals surface area contributed by atoms with Gasteiger partial charge >= 0.3 is 7.12 Å². The van der Waals surface area contributed by atoms with Gasteiger partial charge in [0.25, 0.3) is 28.4 Å². The van der Waals surface area contributed by atoms with E-state index in [1.165, 1.54) is 140 Å². The molecule has 0 spiro atoms. The lowest BCUT2D eigenvalue weighted by molar-refractivity contribution is -0.384. The highest BCUT2D eigenvalue weighted by molar-refractivity contribution is 9.11. The Bertz CT molecular complexity index is 6390. The van der Waals surface area contributed by atoms with Gasteiger partial charge in [-0.3, -0.25) is 60.2 Å². The summed E-state index contributed by atoms with van der Waals surface area (Å²) < 4.78 is 72.5. The molecule has 13 rings (SSSR count). The van der Waals surface area contributed by atoms with Crippen LogP contribution in [-0.4, -0.2) is 122 Å². The predicted molar refractivity (Wildman–Crippen MR) is 518 cm³/mol. The van der Waals surface area contributed by atoms with Crippen molar-refractivity contribution in [3.63, 3.8) is 0 Å². The fourth-order valence-electron chi connectivity index (χ4n) is 11.5. The van der Waals surface area contributed by atoms with Crippen LogP contribution in [0.1, 0.15) is 76.4 Å². The molecule has 0 aliphatic rings. The molecule has 5 heterocycles. The highest BCUT2D eigenvalue weighted by atomic mass is 79.9. The van der Waals surface area contributed by atoms with Gasteiger partial charge < -0.3 is 65.5 Å². The van der Waals surface area contributed by atoms with E-state index in [2.05, 4.69) is 62.1 Å². The minimum Gasteiger partial charge on any atom is -0.497 e. The Labute approximate surface area is 793 Å². The van der Waals surface area contributed by atoms with E-state index in [4.69, 9.17) is 79.0 Å². The summed E-state index contributed by atoms with van der Waals surface area (Å²) in [5, 5.41) is 84.8. The topological polar surface area (TPSA) is 484 Å². The number of carbonyl (C=O) groups excluding carboxylic acids is 2. The van der Waals surface area contributed by atoms with E-state index in [1.54, 1.807) is 180 Å². The van der Waals surface area contributed by atoms with Gasteiger partial charge in [-0.05, 0) is 204 Å². The molecular formula is C92H83BBrCl3F3N15O20. The largest absolute Gasteiger partial charge is 0.497 e. The number of halogens is 7. The van der Waals surface area contributed by atoms with Crippen molar-refractivity contribution in [2.75, 3.05) is 69.7 Å². The summed E-state index contributed by atoms with van der Waals surface area (Å²) in [5.41, 5.74) is 13.7. The highest BCUT2D eigenvalue weighted by Gasteiger charge is 2.24. The maximum Gasteiger partial charge on any atom is 0.488 e. The van der Waals surface area contributed by atoms with Crippen LogP contribution in [0.15, 0.2) is 230 Å². The molecule has 0 amide bonds. The van der Waals surface area contributed by atoms with Crippen LogP contribution in [0, 0.1) is 85.2 Å². The average Bonchev–Trinajstić information content (AvgIpc) is 0.790. The van der Waals surface area contributed by atoms with Gasteiger partial charge in [-0.1, -0.05) is 95.5 Å². The zero-order valence-electron chi connectivity index (χ0n) is 73.3. The second-order valence-corrected chi connectivity index (χ2v) is 29.5. The van der Waals surface area contributed by atoms with E-state index in [0.29, 0.717) is 130 Å². The summed E-state index contributed by atoms with van der Waals surface area (Å²) in [6.45, 7) is 8.80. The normalized spacial score (nSPS) is 10.6. The Morgan fingerprint density at radius 3 is 0.963 bits per heavy atom. The molecule has 698 valence electrons. The summed E-state index contributed by atoms with van der Waals surface area (Å²) >= 11 is 20.6. The number of methoxy groups -OCH3 is 6. The van der Waals surface area contributed by atoms with E-state index in [0.717, 1.165) is 23.0 Å². The number of nitrogens with one attached hydrogen (secondary N) is 4. The number of aldehydes is 2. The van der Waals surface area contributed by atoms with Gasteiger partial charge in [-0.15, -0.1) is 0 Å². The third-order valence-corrected chi connectivity index (χ3v) is 19.6. The van der Waals surface area contributed by atoms with Crippen molar-refractivity contribution in [2.45, 2.75) is 34.6 Å². The van der Waals surface area contributed by atoms with Crippen molar-refractivity contribution in [2.24, 2.45) is 0 Å². The van der Waals surface area contributed by atoms with Gasteiger partial charge in [0, 0.05) is 96.2 Å². The van der Waals surface area contributed by atoms with Crippen LogP contribution in [0.5, 0.6) is 34.5 Å². The van der Waals surface area contributed by atoms with E-state index < -0.39 is 48.1 Å². The Hall–Kier alpha value is -16.0. The van der Waals surface area contributed by atoms with Gasteiger partial charge in [-0.2, -0.15) is 4.39 Å². The van der Waals surface area contributed by atoms with Crippen LogP contribution >= 0.6 is 50.7 Å². The number of nitrogen functional groups attached to an aromatic ring is 1. The molecule has 0 aliphatic heterocycles. The molecular weight excluding hydrogens is 1890 g/mol. The van der Waals surface area contributed by atoms with Crippen molar-refractivity contribution in [3.05, 3.63) is 362 Å². The summed E-state index contributed by atoms with van der Waals surface area (Å²) in [4.78, 5) is 93.3. The lowest BCUT2D eigenvalue weighted by atomic mass is 9.80. The van der Waals surface area contributed by atoms with Crippen LogP contribution in [0.25, 0.3) is 29.9 Å². The van der Waals surface area contributed by atoms with E-state index >= 15 is 4.39 Å². The number of pyridine rings is 5. The molecule has 8 aromatic carbocycles. The molecule has 13 aromatic rings. The number of nitro benzene ring substituents is 5. The fourth-order valence-corrected chi connectivity index (χ4v) is 12.6. The van der Waals surface area contributed by atoms with Crippen LogP contribution in [-0.2, 0) is 0 Å². The summed E-state index contributed by atoms with van der Waals surface area (Å²) in [6, 6.07) is 51.0. The lowest BCUT2D eigenvalue weighted by Crippen LogP contribution is -2.29. The number of aryl methyl sites for hydroxylation is 5. The quantitative estimate of drug-likeness (QED) is 0.00628. The minimum absolute atomic E-state index is 0.00478. The third kappa shape index (κ3) is 31.6. The molecule has 35 nitrogen and oxygen atoms in total. The molecule has 8 N–H and O–H groups in total. The zero-order valence-corrected chi connectivity index (χ0v) is 77.1. The molecule has 0 saturated heterocycles. The number of para-hydroxylation sites is 5. The first-order valence-electron chi connectivity index (χ1n) is 39.0. The number of aromatic nitrogens is 5. The van der Waals surface area contributed by atoms with Gasteiger partial charge in [-0.25, -0.2) is 33.7 Å². The molecule has 0 radical (unpaired) electrons. The van der Waals surface area contributed by atoms with Gasteiger partial charge in [0.1, 0.15) is 103 Å². The number of anilines is 9. The first-order valence-corrected chi connectivity index (χ1v) is 40.9. The first kappa shape index (κ1) is 106. The molecule has 0 bridgehead atoms. The monoisotopic (exact) mass is 1970 g/mol. The maximum absolute atomic E-state index is 15.1. The molecule has 5 aromatic heterocycles. The van der Waals surface area contributed by atoms with Crippen LogP contribution in [0.2, 0.25) is 15.2 Å². The van der Waals surface area contributed by atoms with Crippen molar-refractivity contribution in [1.29, 1.82) is 0 Å². The Balaban J connectivity index is 0.000000223. The van der Waals surface area contributed by atoms with Gasteiger partial charge in [0.2, 0.25) is 0 Å². The Morgan fingerprint density at radius 1 is 0.393 bits per heavy atom. The van der Waals surface area contributed by atoms with Crippen molar-refractivity contribution in [1.82, 2.24) is 24.9 Å². The molecule has 0 atom stereocenters. The van der Waals surface area contributed by atoms with Crippen LogP contribution in [0.4, 0.5) is 93.3 Å². The average molecular weight is 1970 g/mol. The number of rotatable bonds is 27. The number of nitrogens with zero attached hydrogens (tertiary/aromatic N) is 10. The second kappa shape index (κ2) is 52.1. The van der Waals surface area contributed by atoms with E-state index in [9.17, 15) is 68.9 Å². The van der Waals surface area contributed by atoms with Crippen LogP contribution < -0.4 is 60.9 Å². The molecule has 135 heavy (non-hydrogen) atoms. The number of ether oxygens (including phenoxy) is 6. The second-order valence-electron chi connectivity index (χ2n) is 27.6. The molecule has 0 saturated carbocycles. The third-order valence-electron chi connectivity index (χ3n) is 18.4. The molecule has 0 fully saturated rings. The minimum atomic E-state index is -1.51. The Kier molecular flexibility index (Phi) is 41.0. The van der Waals surface area contributed by atoms with Crippen molar-refractivity contribution >= 4 is 186 Å². The molecule has 43 heteroatoms. The number of nitro groups is 5. The Morgan fingerprint density at radius 2 is 0.689 bits per heavy atom. The number of carbonyl (C=O) groups is 2. The summed E-state index contributed by atoms with van der Waals surface area (Å²) in [6.07, 6.45) is 12.4. The molecule has 0 aliphatic carbocycles. The van der Waals surface area contributed by atoms with Crippen molar-refractivity contribution in [3.8, 4) is 34.5 Å². The number of hydrogen-bond acceptors (Lipinski definition) is 30. The van der Waals surface area contributed by atoms with E-state index in [-0.39, 0.29) is 61.2 Å². The van der Waals surface area contributed by atoms with E-state index in [1.807, 2.05) is 0 Å². The first-order chi connectivity index (χ1) is 64.4. The number of hydrogen-bond donors (Lipinski definition) is 7. The summed E-state index contributed by atoms with van der Waals surface area (Å²) in [5.74, 6) is 2.90. The lowest BCUT2D eigenvalue weighted by Gasteiger charge is -2.13. The number of benzene rings is 8. The predicted octanol–water partition coefficient (Wildman–Crippen LogP) is 22.3. The van der Waals surface area contributed by atoms with Gasteiger partial charge in [0.15, 0.2) is 17.3 Å². The fraction of sp³-hybridized carbons (Fsp3) is 0.120. The zero-order chi connectivity index (χ0) is 99.3. The van der Waals surface area contributed by atoms with Crippen LogP contribution in [0.3, 0.4) is 0 Å².